The summed E-state index contributed by atoms with van der Waals surface area (Å²) in [6.45, 7) is 13.1. The molecule has 3 aromatic rings. The van der Waals surface area contributed by atoms with E-state index in [9.17, 15) is 0 Å². The molecular weight excluding hydrogens is 316 g/mol. The summed E-state index contributed by atoms with van der Waals surface area (Å²) in [7, 11) is 0. The van der Waals surface area contributed by atoms with Gasteiger partial charge in [-0.25, -0.2) is 0 Å². The highest BCUT2D eigenvalue weighted by Gasteiger charge is 2.14. The highest BCUT2D eigenvalue weighted by molar-refractivity contribution is 5.84. The fraction of sp³-hybridized carbons (Fsp3) is 0.292. The molecule has 3 rings (SSSR count). The van der Waals surface area contributed by atoms with Crippen LogP contribution >= 0.6 is 0 Å². The van der Waals surface area contributed by atoms with E-state index in [-0.39, 0.29) is 5.41 Å². The molecule has 0 spiro atoms. The van der Waals surface area contributed by atoms with Crippen molar-refractivity contribution in [3.8, 4) is 5.69 Å². The molecule has 0 bridgehead atoms. The number of benzene rings is 2. The van der Waals surface area contributed by atoms with E-state index >= 15 is 0 Å². The number of hydrogen-bond donors (Lipinski definition) is 0. The maximum absolute atomic E-state index is 4.69. The SMILES string of the molecule is Cc1ccccc1N=Cc1cc(C)n(-c2ccc(C(C)(C)C)cc2)c1C. The van der Waals surface area contributed by atoms with Crippen molar-refractivity contribution in [3.63, 3.8) is 0 Å². The monoisotopic (exact) mass is 344 g/mol. The summed E-state index contributed by atoms with van der Waals surface area (Å²) in [5.41, 5.74) is 8.52. The molecule has 0 radical (unpaired) electrons. The van der Waals surface area contributed by atoms with Gasteiger partial charge in [-0.05, 0) is 61.6 Å². The fourth-order valence-electron chi connectivity index (χ4n) is 3.27. The lowest BCUT2D eigenvalue weighted by Crippen LogP contribution is -2.11. The van der Waals surface area contributed by atoms with Crippen LogP contribution in [-0.4, -0.2) is 10.8 Å². The quantitative estimate of drug-likeness (QED) is 0.486. The first kappa shape index (κ1) is 18.2. The van der Waals surface area contributed by atoms with E-state index in [4.69, 9.17) is 4.99 Å². The first-order chi connectivity index (χ1) is 12.3. The zero-order valence-corrected chi connectivity index (χ0v) is 16.7. The molecule has 2 aromatic carbocycles. The first-order valence-corrected chi connectivity index (χ1v) is 9.17. The number of nitrogens with zero attached hydrogens (tertiary/aromatic N) is 2. The van der Waals surface area contributed by atoms with Crippen molar-refractivity contribution in [1.29, 1.82) is 0 Å². The van der Waals surface area contributed by atoms with Gasteiger partial charge in [0.05, 0.1) is 5.69 Å². The van der Waals surface area contributed by atoms with Gasteiger partial charge in [-0.3, -0.25) is 4.99 Å². The summed E-state index contributed by atoms with van der Waals surface area (Å²) < 4.78 is 2.30. The van der Waals surface area contributed by atoms with Crippen molar-refractivity contribution in [1.82, 2.24) is 4.57 Å². The summed E-state index contributed by atoms with van der Waals surface area (Å²) in [5.74, 6) is 0. The van der Waals surface area contributed by atoms with Gasteiger partial charge in [0, 0.05) is 28.9 Å². The minimum Gasteiger partial charge on any atom is -0.318 e. The number of aromatic nitrogens is 1. The molecule has 0 atom stereocenters. The van der Waals surface area contributed by atoms with Gasteiger partial charge in [-0.1, -0.05) is 51.1 Å². The highest BCUT2D eigenvalue weighted by Crippen LogP contribution is 2.26. The summed E-state index contributed by atoms with van der Waals surface area (Å²) in [6, 6.07) is 19.3. The average Bonchev–Trinajstić information content (AvgIpc) is 2.87. The van der Waals surface area contributed by atoms with Crippen molar-refractivity contribution >= 4 is 11.9 Å². The van der Waals surface area contributed by atoms with Crippen LogP contribution in [-0.2, 0) is 5.41 Å². The van der Waals surface area contributed by atoms with Crippen molar-refractivity contribution in [3.05, 3.63) is 82.7 Å². The molecule has 0 saturated carbocycles. The van der Waals surface area contributed by atoms with Crippen LogP contribution in [0.25, 0.3) is 5.69 Å². The Kier molecular flexibility index (Phi) is 4.86. The standard InChI is InChI=1S/C24H28N2/c1-17-9-7-8-10-23(17)25-16-20-15-18(2)26(19(20)3)22-13-11-21(12-14-22)24(4,5)6/h7-16H,1-6H3. The predicted molar refractivity (Wildman–Crippen MR) is 112 cm³/mol. The van der Waals surface area contributed by atoms with E-state index in [1.807, 2.05) is 18.3 Å². The topological polar surface area (TPSA) is 17.3 Å². The minimum atomic E-state index is 0.171. The number of hydrogen-bond acceptors (Lipinski definition) is 1. The zero-order chi connectivity index (χ0) is 18.9. The summed E-state index contributed by atoms with van der Waals surface area (Å²) >= 11 is 0. The van der Waals surface area contributed by atoms with Gasteiger partial charge in [0.15, 0.2) is 0 Å². The van der Waals surface area contributed by atoms with Crippen LogP contribution in [0.3, 0.4) is 0 Å². The zero-order valence-electron chi connectivity index (χ0n) is 16.7. The Hall–Kier alpha value is -2.61. The molecule has 2 heteroatoms. The molecule has 1 aromatic heterocycles. The van der Waals surface area contributed by atoms with Crippen LogP contribution in [0.15, 0.2) is 59.6 Å². The molecule has 1 heterocycles. The Balaban J connectivity index is 1.95. The van der Waals surface area contributed by atoms with Crippen molar-refractivity contribution in [2.45, 2.75) is 47.0 Å². The molecule has 0 saturated heterocycles. The molecule has 0 fully saturated rings. The van der Waals surface area contributed by atoms with Gasteiger partial charge >= 0.3 is 0 Å². The van der Waals surface area contributed by atoms with E-state index in [2.05, 4.69) is 88.6 Å². The first-order valence-electron chi connectivity index (χ1n) is 9.17. The van der Waals surface area contributed by atoms with E-state index < -0.39 is 0 Å². The maximum atomic E-state index is 4.69. The maximum Gasteiger partial charge on any atom is 0.0659 e. The summed E-state index contributed by atoms with van der Waals surface area (Å²) in [6.07, 6.45) is 1.98. The van der Waals surface area contributed by atoms with E-state index in [1.54, 1.807) is 0 Å². The van der Waals surface area contributed by atoms with Crippen LogP contribution in [0.2, 0.25) is 0 Å². The highest BCUT2D eigenvalue weighted by atomic mass is 15.0. The average molecular weight is 345 g/mol. The smallest absolute Gasteiger partial charge is 0.0659 e. The number of aryl methyl sites for hydroxylation is 2. The van der Waals surface area contributed by atoms with Gasteiger partial charge in [-0.2, -0.15) is 0 Å². The lowest BCUT2D eigenvalue weighted by Gasteiger charge is -2.20. The molecule has 0 N–H and O–H groups in total. The van der Waals surface area contributed by atoms with Crippen LogP contribution in [0, 0.1) is 20.8 Å². The Labute approximate surface area is 157 Å². The number of para-hydroxylation sites is 1. The van der Waals surface area contributed by atoms with Gasteiger partial charge in [0.2, 0.25) is 0 Å². The van der Waals surface area contributed by atoms with Crippen molar-refractivity contribution < 1.29 is 0 Å². The van der Waals surface area contributed by atoms with Crippen LogP contribution in [0.1, 0.15) is 48.8 Å². The van der Waals surface area contributed by atoms with Gasteiger partial charge in [0.25, 0.3) is 0 Å². The van der Waals surface area contributed by atoms with Crippen molar-refractivity contribution in [2.24, 2.45) is 4.99 Å². The van der Waals surface area contributed by atoms with Crippen LogP contribution in [0.4, 0.5) is 5.69 Å². The second-order valence-electron chi connectivity index (χ2n) is 8.00. The van der Waals surface area contributed by atoms with Crippen LogP contribution < -0.4 is 0 Å². The normalized spacial score (nSPS) is 12.1. The van der Waals surface area contributed by atoms with Gasteiger partial charge in [-0.15, -0.1) is 0 Å². The van der Waals surface area contributed by atoms with Crippen LogP contribution in [0.5, 0.6) is 0 Å². The molecule has 134 valence electrons. The summed E-state index contributed by atoms with van der Waals surface area (Å²) in [4.78, 5) is 4.69. The third kappa shape index (κ3) is 3.65. The lowest BCUT2D eigenvalue weighted by atomic mass is 9.87. The Bertz CT molecular complexity index is 935. The molecule has 0 aliphatic rings. The second-order valence-corrected chi connectivity index (χ2v) is 8.00. The Morgan fingerprint density at radius 3 is 2.15 bits per heavy atom. The predicted octanol–water partition coefficient (Wildman–Crippen LogP) is 6.45. The molecule has 2 nitrogen and oxygen atoms in total. The van der Waals surface area contributed by atoms with E-state index in [1.165, 1.54) is 28.2 Å². The molecule has 0 aliphatic carbocycles. The number of aliphatic imine (C=N–C) groups is 1. The van der Waals surface area contributed by atoms with Gasteiger partial charge < -0.3 is 4.57 Å². The number of rotatable bonds is 3. The van der Waals surface area contributed by atoms with E-state index in [0.717, 1.165) is 11.3 Å². The fourth-order valence-corrected chi connectivity index (χ4v) is 3.27. The third-order valence-electron chi connectivity index (χ3n) is 4.92. The minimum absolute atomic E-state index is 0.171. The second kappa shape index (κ2) is 6.95. The Morgan fingerprint density at radius 1 is 0.885 bits per heavy atom. The molecule has 26 heavy (non-hydrogen) atoms. The molecule has 0 amide bonds. The van der Waals surface area contributed by atoms with Crippen molar-refractivity contribution in [2.75, 3.05) is 0 Å². The van der Waals surface area contributed by atoms with E-state index in [0.29, 0.717) is 0 Å². The summed E-state index contributed by atoms with van der Waals surface area (Å²) in [5, 5.41) is 0. The third-order valence-corrected chi connectivity index (χ3v) is 4.92. The molecule has 0 unspecified atom stereocenters. The lowest BCUT2D eigenvalue weighted by molar-refractivity contribution is 0.590. The largest absolute Gasteiger partial charge is 0.318 e. The molecule has 0 aliphatic heterocycles. The molecular formula is C24H28N2. The van der Waals surface area contributed by atoms with Gasteiger partial charge in [0.1, 0.15) is 0 Å². The Morgan fingerprint density at radius 2 is 1.54 bits per heavy atom.